The van der Waals surface area contributed by atoms with Crippen molar-refractivity contribution in [1.29, 1.82) is 0 Å². The highest BCUT2D eigenvalue weighted by molar-refractivity contribution is 6.31. The van der Waals surface area contributed by atoms with Crippen LogP contribution in [0.15, 0.2) is 42.5 Å². The van der Waals surface area contributed by atoms with Crippen molar-refractivity contribution in [3.05, 3.63) is 64.6 Å². The van der Waals surface area contributed by atoms with E-state index >= 15 is 0 Å². The van der Waals surface area contributed by atoms with Crippen molar-refractivity contribution in [2.45, 2.75) is 26.2 Å². The number of hydrogen-bond acceptors (Lipinski definition) is 1. The molecule has 2 N–H and O–H groups in total. The van der Waals surface area contributed by atoms with Crippen LogP contribution < -0.4 is 5.32 Å². The van der Waals surface area contributed by atoms with E-state index in [1.54, 1.807) is 0 Å². The Bertz CT molecular complexity index is 930. The van der Waals surface area contributed by atoms with Gasteiger partial charge in [-0.25, -0.2) is 4.39 Å². The fourth-order valence-electron chi connectivity index (χ4n) is 3.06. The SMILES string of the molecule is Cc1[nH]c2ccccc2c1C(C)(C)C(=O)Nc1ccc(F)c(Cl)c1. The molecule has 5 heteroatoms. The molecule has 3 nitrogen and oxygen atoms in total. The first kappa shape index (κ1) is 16.5. The number of hydrogen-bond donors (Lipinski definition) is 2. The predicted octanol–water partition coefficient (Wildman–Crippen LogP) is 5.19. The Balaban J connectivity index is 1.98. The summed E-state index contributed by atoms with van der Waals surface area (Å²) in [6.07, 6.45) is 0. The van der Waals surface area contributed by atoms with Gasteiger partial charge in [0, 0.05) is 22.3 Å². The van der Waals surface area contributed by atoms with E-state index < -0.39 is 11.2 Å². The van der Waals surface area contributed by atoms with E-state index in [1.807, 2.05) is 45.0 Å². The van der Waals surface area contributed by atoms with Crippen molar-refractivity contribution < 1.29 is 9.18 Å². The van der Waals surface area contributed by atoms with Crippen LogP contribution in [0.1, 0.15) is 25.1 Å². The normalized spacial score (nSPS) is 11.7. The monoisotopic (exact) mass is 344 g/mol. The largest absolute Gasteiger partial charge is 0.358 e. The average Bonchev–Trinajstić information content (AvgIpc) is 2.87. The molecule has 0 saturated carbocycles. The van der Waals surface area contributed by atoms with Crippen LogP contribution in [0.5, 0.6) is 0 Å². The van der Waals surface area contributed by atoms with Gasteiger partial charge < -0.3 is 10.3 Å². The van der Waals surface area contributed by atoms with Gasteiger partial charge in [-0.1, -0.05) is 29.8 Å². The van der Waals surface area contributed by atoms with Gasteiger partial charge in [-0.15, -0.1) is 0 Å². The number of aromatic nitrogens is 1. The standard InChI is InChI=1S/C19H18ClFN2O/c1-11-17(13-6-4-5-7-16(13)22-11)19(2,3)18(24)23-12-8-9-15(21)14(20)10-12/h4-10,22H,1-3H3,(H,23,24). The van der Waals surface area contributed by atoms with Crippen LogP contribution in [0.25, 0.3) is 10.9 Å². The first-order valence-corrected chi connectivity index (χ1v) is 8.03. The number of carbonyl (C=O) groups excluding carboxylic acids is 1. The first-order chi connectivity index (χ1) is 11.3. The molecular weight excluding hydrogens is 327 g/mol. The Morgan fingerprint density at radius 1 is 1.21 bits per heavy atom. The van der Waals surface area contributed by atoms with E-state index in [0.717, 1.165) is 22.2 Å². The zero-order chi connectivity index (χ0) is 17.5. The van der Waals surface area contributed by atoms with Gasteiger partial charge in [-0.3, -0.25) is 4.79 Å². The number of aromatic amines is 1. The van der Waals surface area contributed by atoms with Crippen molar-refractivity contribution in [3.63, 3.8) is 0 Å². The smallest absolute Gasteiger partial charge is 0.234 e. The fraction of sp³-hybridized carbons (Fsp3) is 0.211. The zero-order valence-electron chi connectivity index (χ0n) is 13.7. The fourth-order valence-corrected chi connectivity index (χ4v) is 3.24. The van der Waals surface area contributed by atoms with E-state index in [0.29, 0.717) is 5.69 Å². The van der Waals surface area contributed by atoms with Gasteiger partial charge in [0.1, 0.15) is 5.82 Å². The third-order valence-electron chi connectivity index (χ3n) is 4.26. The van der Waals surface area contributed by atoms with Crippen LogP contribution in [-0.2, 0) is 10.2 Å². The summed E-state index contributed by atoms with van der Waals surface area (Å²) in [5, 5.41) is 3.83. The van der Waals surface area contributed by atoms with E-state index in [2.05, 4.69) is 10.3 Å². The number of para-hydroxylation sites is 1. The summed E-state index contributed by atoms with van der Waals surface area (Å²) in [6, 6.07) is 12.0. The van der Waals surface area contributed by atoms with Gasteiger partial charge in [0.05, 0.1) is 10.4 Å². The molecule has 0 radical (unpaired) electrons. The van der Waals surface area contributed by atoms with Gasteiger partial charge in [-0.2, -0.15) is 0 Å². The lowest BCUT2D eigenvalue weighted by molar-refractivity contribution is -0.120. The highest BCUT2D eigenvalue weighted by Crippen LogP contribution is 2.34. The molecule has 24 heavy (non-hydrogen) atoms. The summed E-state index contributed by atoms with van der Waals surface area (Å²) in [7, 11) is 0. The lowest BCUT2D eigenvalue weighted by Gasteiger charge is -2.25. The molecular formula is C19H18ClFN2O. The summed E-state index contributed by atoms with van der Waals surface area (Å²) in [4.78, 5) is 16.2. The van der Waals surface area contributed by atoms with Gasteiger partial charge in [-0.05, 0) is 50.6 Å². The molecule has 1 amide bonds. The average molecular weight is 345 g/mol. The third-order valence-corrected chi connectivity index (χ3v) is 4.55. The minimum atomic E-state index is -0.773. The summed E-state index contributed by atoms with van der Waals surface area (Å²) in [5.41, 5.74) is 2.59. The summed E-state index contributed by atoms with van der Waals surface area (Å²) >= 11 is 5.78. The van der Waals surface area contributed by atoms with Crippen molar-refractivity contribution >= 4 is 34.1 Å². The molecule has 0 saturated heterocycles. The Morgan fingerprint density at radius 3 is 2.62 bits per heavy atom. The number of aryl methyl sites for hydroxylation is 1. The summed E-state index contributed by atoms with van der Waals surface area (Å²) in [5.74, 6) is -0.695. The molecule has 1 aromatic heterocycles. The van der Waals surface area contributed by atoms with Crippen molar-refractivity contribution in [3.8, 4) is 0 Å². The number of halogens is 2. The summed E-state index contributed by atoms with van der Waals surface area (Å²) < 4.78 is 13.3. The first-order valence-electron chi connectivity index (χ1n) is 7.65. The predicted molar refractivity (Wildman–Crippen MR) is 96.1 cm³/mol. The van der Waals surface area contributed by atoms with Gasteiger partial charge in [0.2, 0.25) is 5.91 Å². The second kappa shape index (κ2) is 5.95. The van der Waals surface area contributed by atoms with Crippen LogP contribution in [0.3, 0.4) is 0 Å². The number of fused-ring (bicyclic) bond motifs is 1. The van der Waals surface area contributed by atoms with Gasteiger partial charge in [0.25, 0.3) is 0 Å². The highest BCUT2D eigenvalue weighted by Gasteiger charge is 2.34. The maximum atomic E-state index is 13.3. The molecule has 0 aliphatic rings. The van der Waals surface area contributed by atoms with Crippen molar-refractivity contribution in [2.24, 2.45) is 0 Å². The topological polar surface area (TPSA) is 44.9 Å². The molecule has 0 fully saturated rings. The van der Waals surface area contributed by atoms with Crippen LogP contribution in [0, 0.1) is 12.7 Å². The molecule has 3 rings (SSSR count). The number of H-pyrrole nitrogens is 1. The van der Waals surface area contributed by atoms with E-state index in [9.17, 15) is 9.18 Å². The summed E-state index contributed by atoms with van der Waals surface area (Å²) in [6.45, 7) is 5.70. The number of rotatable bonds is 3. The maximum Gasteiger partial charge on any atom is 0.234 e. The molecule has 0 aliphatic heterocycles. The Morgan fingerprint density at radius 2 is 1.92 bits per heavy atom. The Hall–Kier alpha value is -2.33. The number of amides is 1. The lowest BCUT2D eigenvalue weighted by atomic mass is 9.81. The Labute approximate surface area is 144 Å². The van der Waals surface area contributed by atoms with E-state index in [1.165, 1.54) is 18.2 Å². The Kier molecular flexibility index (Phi) is 4.10. The molecule has 124 valence electrons. The molecule has 3 aromatic rings. The molecule has 2 aromatic carbocycles. The molecule has 0 spiro atoms. The van der Waals surface area contributed by atoms with Gasteiger partial charge >= 0.3 is 0 Å². The maximum absolute atomic E-state index is 13.3. The quantitative estimate of drug-likeness (QED) is 0.675. The number of carbonyl (C=O) groups is 1. The van der Waals surface area contributed by atoms with E-state index in [-0.39, 0.29) is 10.9 Å². The lowest BCUT2D eigenvalue weighted by Crippen LogP contribution is -2.35. The number of benzene rings is 2. The second-order valence-electron chi connectivity index (χ2n) is 6.38. The molecule has 0 aliphatic carbocycles. The van der Waals surface area contributed by atoms with Gasteiger partial charge in [0.15, 0.2) is 0 Å². The van der Waals surface area contributed by atoms with Crippen LogP contribution in [0.2, 0.25) is 5.02 Å². The third kappa shape index (κ3) is 2.78. The molecule has 1 heterocycles. The number of nitrogens with one attached hydrogen (secondary N) is 2. The van der Waals surface area contributed by atoms with Crippen LogP contribution >= 0.6 is 11.6 Å². The van der Waals surface area contributed by atoms with Crippen LogP contribution in [-0.4, -0.2) is 10.9 Å². The highest BCUT2D eigenvalue weighted by atomic mass is 35.5. The molecule has 0 atom stereocenters. The zero-order valence-corrected chi connectivity index (χ0v) is 14.5. The number of anilines is 1. The van der Waals surface area contributed by atoms with Crippen molar-refractivity contribution in [2.75, 3.05) is 5.32 Å². The minimum Gasteiger partial charge on any atom is -0.358 e. The molecule has 0 unspecified atom stereocenters. The minimum absolute atomic E-state index is 0.0196. The second-order valence-corrected chi connectivity index (χ2v) is 6.79. The van der Waals surface area contributed by atoms with Crippen molar-refractivity contribution in [1.82, 2.24) is 4.98 Å². The van der Waals surface area contributed by atoms with E-state index in [4.69, 9.17) is 11.6 Å². The molecule has 0 bridgehead atoms. The van der Waals surface area contributed by atoms with Crippen LogP contribution in [0.4, 0.5) is 10.1 Å².